The summed E-state index contributed by atoms with van der Waals surface area (Å²) in [6.07, 6.45) is 1.64. The highest BCUT2D eigenvalue weighted by Gasteiger charge is 2.54. The zero-order valence-corrected chi connectivity index (χ0v) is 23.0. The largest absolute Gasteiger partial charge is 0.874 e. The van der Waals surface area contributed by atoms with E-state index in [0.717, 1.165) is 16.9 Å². The summed E-state index contributed by atoms with van der Waals surface area (Å²) >= 11 is 0. The molecule has 8 nitrogen and oxygen atoms in total. The number of allylic oxidation sites excluding steroid dienone is 4. The maximum atomic E-state index is 13.7. The summed E-state index contributed by atoms with van der Waals surface area (Å²) in [4.78, 5) is 39.3. The Morgan fingerprint density at radius 1 is 1.05 bits per heavy atom. The zero-order valence-electron chi connectivity index (χ0n) is 23.0. The molecular weight excluding hydrogens is 496 g/mol. The molecular formula is C31H32N2O6. The van der Waals surface area contributed by atoms with Crippen LogP contribution in [0.25, 0.3) is 0 Å². The number of benzene rings is 2. The van der Waals surface area contributed by atoms with Gasteiger partial charge in [-0.1, -0.05) is 19.9 Å². The van der Waals surface area contributed by atoms with Crippen molar-refractivity contribution in [3.8, 4) is 0 Å². The van der Waals surface area contributed by atoms with Crippen molar-refractivity contribution in [2.75, 3.05) is 18.0 Å². The third kappa shape index (κ3) is 3.50. The standard InChI is InChI=1S/C31H32N2O6/c1-7-32-21-11-9-10-17(29(38)39)24(21)31(5,6)22(32)15-18-25(34)23(26(18)35)27-30(3,4)19-14-16(28(36)37)12-13-20(19)33(27)8-2/h9-15,23H,7-8H2,1-6H3,(H2-,34,35,36,37,38,39)/b22-15-. The number of likely N-dealkylation sites (N-methyl/N-ethyl adjacent to an activating group) is 1. The SMILES string of the molecule is CCN1/C(=C\C2=C([O-])C(C3=[N+](CC)c4ccc(C(=O)O)cc4C3(C)C)C2=O)C(C)(C)c2c(C(=O)O)cccc21. The van der Waals surface area contributed by atoms with E-state index in [1.165, 1.54) is 0 Å². The van der Waals surface area contributed by atoms with Crippen molar-refractivity contribution in [2.45, 2.75) is 52.4 Å². The minimum Gasteiger partial charge on any atom is -0.874 e. The monoisotopic (exact) mass is 528 g/mol. The van der Waals surface area contributed by atoms with Crippen LogP contribution in [-0.2, 0) is 15.6 Å². The average Bonchev–Trinajstić information content (AvgIpc) is 3.25. The summed E-state index contributed by atoms with van der Waals surface area (Å²) in [5, 5.41) is 33.1. The second-order valence-electron chi connectivity index (χ2n) is 11.3. The van der Waals surface area contributed by atoms with Crippen LogP contribution in [0.3, 0.4) is 0 Å². The number of hydrogen-bond donors (Lipinski definition) is 2. The molecule has 2 aromatic rings. The van der Waals surface area contributed by atoms with Gasteiger partial charge in [0.2, 0.25) is 5.69 Å². The van der Waals surface area contributed by atoms with Gasteiger partial charge in [0.15, 0.2) is 11.5 Å². The molecule has 39 heavy (non-hydrogen) atoms. The minimum absolute atomic E-state index is 0.104. The van der Waals surface area contributed by atoms with Gasteiger partial charge in [-0.15, -0.1) is 5.76 Å². The number of nitrogens with zero attached hydrogens (tertiary/aromatic N) is 2. The van der Waals surface area contributed by atoms with Gasteiger partial charge in [0.1, 0.15) is 12.5 Å². The average molecular weight is 529 g/mol. The van der Waals surface area contributed by atoms with Gasteiger partial charge in [-0.25, -0.2) is 9.59 Å². The molecule has 3 aliphatic rings. The summed E-state index contributed by atoms with van der Waals surface area (Å²) < 4.78 is 1.96. The minimum atomic E-state index is -1.03. The summed E-state index contributed by atoms with van der Waals surface area (Å²) in [7, 11) is 0. The third-order valence-electron chi connectivity index (χ3n) is 8.50. The van der Waals surface area contributed by atoms with Crippen LogP contribution in [0.15, 0.2) is 59.5 Å². The maximum absolute atomic E-state index is 13.7. The van der Waals surface area contributed by atoms with Gasteiger partial charge in [-0.05, 0) is 58.0 Å². The lowest BCUT2D eigenvalue weighted by Crippen LogP contribution is -2.49. The fraction of sp³-hybridized carbons (Fsp3) is 0.355. The van der Waals surface area contributed by atoms with E-state index >= 15 is 0 Å². The number of ketones is 1. The van der Waals surface area contributed by atoms with Gasteiger partial charge in [-0.2, -0.15) is 4.58 Å². The van der Waals surface area contributed by atoms with Crippen molar-refractivity contribution >= 4 is 34.8 Å². The van der Waals surface area contributed by atoms with Crippen molar-refractivity contribution in [1.29, 1.82) is 0 Å². The van der Waals surface area contributed by atoms with Crippen LogP contribution in [0, 0.1) is 5.92 Å². The summed E-state index contributed by atoms with van der Waals surface area (Å²) in [6, 6.07) is 10.1. The first-order chi connectivity index (χ1) is 18.3. The van der Waals surface area contributed by atoms with Crippen LogP contribution in [0.2, 0.25) is 0 Å². The number of anilines is 1. The number of carbonyl (C=O) groups excluding carboxylic acids is 1. The molecule has 2 N–H and O–H groups in total. The second-order valence-corrected chi connectivity index (χ2v) is 11.3. The van der Waals surface area contributed by atoms with Gasteiger partial charge in [0, 0.05) is 46.1 Å². The van der Waals surface area contributed by atoms with Gasteiger partial charge < -0.3 is 20.2 Å². The predicted octanol–water partition coefficient (Wildman–Crippen LogP) is 3.99. The molecule has 1 unspecified atom stereocenters. The Balaban J connectivity index is 1.61. The van der Waals surface area contributed by atoms with Crippen LogP contribution in [0.1, 0.15) is 73.4 Å². The van der Waals surface area contributed by atoms with Crippen molar-refractivity contribution in [1.82, 2.24) is 0 Å². The predicted molar refractivity (Wildman–Crippen MR) is 145 cm³/mol. The van der Waals surface area contributed by atoms with Gasteiger partial charge in [-0.3, -0.25) is 4.79 Å². The zero-order chi connectivity index (χ0) is 28.6. The third-order valence-corrected chi connectivity index (χ3v) is 8.50. The van der Waals surface area contributed by atoms with Crippen molar-refractivity contribution in [3.63, 3.8) is 0 Å². The number of hydrogen-bond acceptors (Lipinski definition) is 5. The lowest BCUT2D eigenvalue weighted by atomic mass is 9.68. The Labute approximate surface area is 227 Å². The van der Waals surface area contributed by atoms with Crippen LogP contribution < -0.4 is 10.0 Å². The Bertz CT molecular complexity index is 1570. The number of fused-ring (bicyclic) bond motifs is 2. The molecule has 0 aromatic heterocycles. The molecule has 0 spiro atoms. The van der Waals surface area contributed by atoms with E-state index in [2.05, 4.69) is 0 Å². The number of rotatable bonds is 6. The summed E-state index contributed by atoms with van der Waals surface area (Å²) in [5.41, 5.74) is 3.38. The highest BCUT2D eigenvalue weighted by atomic mass is 16.4. The molecule has 8 heteroatoms. The van der Waals surface area contributed by atoms with Crippen LogP contribution in [0.4, 0.5) is 11.4 Å². The number of carbonyl (C=O) groups is 3. The first-order valence-corrected chi connectivity index (χ1v) is 13.1. The Hall–Kier alpha value is -4.20. The highest BCUT2D eigenvalue weighted by molar-refractivity contribution is 6.23. The van der Waals surface area contributed by atoms with Crippen molar-refractivity contribution in [3.05, 3.63) is 81.8 Å². The van der Waals surface area contributed by atoms with Crippen molar-refractivity contribution < 1.29 is 34.3 Å². The number of carboxylic acid groups (broad SMARTS) is 2. The van der Waals surface area contributed by atoms with E-state index in [0.29, 0.717) is 30.1 Å². The van der Waals surface area contributed by atoms with Gasteiger partial charge in [0.05, 0.1) is 16.5 Å². The highest BCUT2D eigenvalue weighted by Crippen LogP contribution is 2.51. The topological polar surface area (TPSA) is 121 Å². The molecule has 2 aromatic carbocycles. The molecule has 202 valence electrons. The molecule has 2 heterocycles. The fourth-order valence-electron chi connectivity index (χ4n) is 6.66. The van der Waals surface area contributed by atoms with Crippen LogP contribution in [-0.4, -0.2) is 51.3 Å². The van der Waals surface area contributed by atoms with E-state index in [1.807, 2.05) is 57.1 Å². The van der Waals surface area contributed by atoms with Crippen molar-refractivity contribution in [2.24, 2.45) is 5.92 Å². The van der Waals surface area contributed by atoms with Gasteiger partial charge >= 0.3 is 11.9 Å². The lowest BCUT2D eigenvalue weighted by Gasteiger charge is -2.38. The number of aromatic carboxylic acids is 2. The quantitative estimate of drug-likeness (QED) is 0.544. The molecule has 1 atom stereocenters. The number of carboxylic acids is 2. The first kappa shape index (κ1) is 26.4. The second kappa shape index (κ2) is 8.66. The van der Waals surface area contributed by atoms with Crippen LogP contribution in [0.5, 0.6) is 0 Å². The van der Waals surface area contributed by atoms with E-state index < -0.39 is 28.7 Å². The Kier molecular flexibility index (Phi) is 5.86. The molecule has 0 saturated heterocycles. The molecule has 0 bridgehead atoms. The Morgan fingerprint density at radius 3 is 2.31 bits per heavy atom. The van der Waals surface area contributed by atoms with Crippen LogP contribution >= 0.6 is 0 Å². The molecule has 5 rings (SSSR count). The van der Waals surface area contributed by atoms with E-state index in [1.54, 1.807) is 36.4 Å². The molecule has 0 amide bonds. The first-order valence-electron chi connectivity index (χ1n) is 13.1. The smallest absolute Gasteiger partial charge is 0.336 e. The van der Waals surface area contributed by atoms with E-state index in [4.69, 9.17) is 0 Å². The van der Waals surface area contributed by atoms with E-state index in [9.17, 15) is 29.7 Å². The lowest BCUT2D eigenvalue weighted by molar-refractivity contribution is -0.437. The summed E-state index contributed by atoms with van der Waals surface area (Å²) in [6.45, 7) is 12.6. The number of Topliss-reactive ketones (excluding diaryl/α,β-unsaturated/α-hetero) is 1. The molecule has 1 aliphatic carbocycles. The maximum Gasteiger partial charge on any atom is 0.336 e. The molecule has 2 aliphatic heterocycles. The molecule has 0 radical (unpaired) electrons. The fourth-order valence-corrected chi connectivity index (χ4v) is 6.66. The molecule has 0 saturated carbocycles. The van der Waals surface area contributed by atoms with E-state index in [-0.39, 0.29) is 28.2 Å². The molecule has 0 fully saturated rings. The summed E-state index contributed by atoms with van der Waals surface area (Å²) in [5.74, 6) is -3.56. The Morgan fingerprint density at radius 2 is 1.74 bits per heavy atom. The van der Waals surface area contributed by atoms with Gasteiger partial charge in [0.25, 0.3) is 0 Å². The normalized spacial score (nSPS) is 21.8.